The van der Waals surface area contributed by atoms with Gasteiger partial charge in [0.1, 0.15) is 5.82 Å². The van der Waals surface area contributed by atoms with Gasteiger partial charge in [0.2, 0.25) is 9.84 Å². The minimum Gasteiger partial charge on any atom is -0.331 e. The van der Waals surface area contributed by atoms with Gasteiger partial charge in [-0.1, -0.05) is 17.7 Å². The van der Waals surface area contributed by atoms with Gasteiger partial charge in [-0.05, 0) is 49.2 Å². The Labute approximate surface area is 159 Å². The van der Waals surface area contributed by atoms with Crippen molar-refractivity contribution >= 4 is 27.3 Å². The second-order valence-electron chi connectivity index (χ2n) is 6.19. The lowest BCUT2D eigenvalue weighted by atomic mass is 10.1. The minimum atomic E-state index is -4.73. The summed E-state index contributed by atoms with van der Waals surface area (Å²) < 4.78 is 62.2. The van der Waals surface area contributed by atoms with Crippen LogP contribution in [0.25, 0.3) is 0 Å². The normalized spacial score (nSPS) is 14.4. The molecule has 0 aromatic heterocycles. The van der Waals surface area contributed by atoms with Gasteiger partial charge in [-0.3, -0.25) is 4.79 Å². The molecule has 3 rings (SSSR count). The van der Waals surface area contributed by atoms with Crippen LogP contribution in [0.2, 0.25) is 5.02 Å². The molecule has 27 heavy (non-hydrogen) atoms. The first-order valence-corrected chi connectivity index (χ1v) is 10.00. The molecule has 0 unspecified atom stereocenters. The Hall–Kier alpha value is -2.06. The molecule has 1 saturated carbocycles. The lowest BCUT2D eigenvalue weighted by Gasteiger charge is -2.23. The van der Waals surface area contributed by atoms with Gasteiger partial charge < -0.3 is 4.90 Å². The summed E-state index contributed by atoms with van der Waals surface area (Å²) in [5.41, 5.74) is 0.318. The molecule has 0 N–H and O–H groups in total. The number of nitrogens with zero attached hydrogens (tertiary/aromatic N) is 1. The number of sulfone groups is 1. The summed E-state index contributed by atoms with van der Waals surface area (Å²) in [5, 5.41) is 0.201. The van der Waals surface area contributed by atoms with E-state index in [2.05, 4.69) is 0 Å². The third-order valence-corrected chi connectivity index (χ3v) is 6.06. The molecule has 0 saturated heterocycles. The van der Waals surface area contributed by atoms with Gasteiger partial charge in [0.25, 0.3) is 5.91 Å². The number of alkyl halides is 2. The van der Waals surface area contributed by atoms with Crippen molar-refractivity contribution in [3.05, 3.63) is 64.4 Å². The summed E-state index contributed by atoms with van der Waals surface area (Å²) in [6, 6.07) is 8.46. The maximum Gasteiger partial charge on any atom is 0.341 e. The number of benzene rings is 2. The van der Waals surface area contributed by atoms with Crippen LogP contribution in [0.4, 0.5) is 13.2 Å². The third kappa shape index (κ3) is 4.11. The Morgan fingerprint density at radius 2 is 1.78 bits per heavy atom. The van der Waals surface area contributed by atoms with E-state index in [9.17, 15) is 26.4 Å². The van der Waals surface area contributed by atoms with Crippen molar-refractivity contribution in [2.24, 2.45) is 0 Å². The van der Waals surface area contributed by atoms with Crippen molar-refractivity contribution < 1.29 is 26.4 Å². The third-order valence-electron chi connectivity index (χ3n) is 4.30. The number of hydrogen-bond acceptors (Lipinski definition) is 3. The van der Waals surface area contributed by atoms with E-state index in [0.717, 1.165) is 25.0 Å². The summed E-state index contributed by atoms with van der Waals surface area (Å²) in [6.45, 7) is -0.0356. The summed E-state index contributed by atoms with van der Waals surface area (Å²) >= 11 is 6.03. The predicted molar refractivity (Wildman–Crippen MR) is 93.9 cm³/mol. The maximum absolute atomic E-state index is 14.1. The van der Waals surface area contributed by atoms with Crippen molar-refractivity contribution in [1.29, 1.82) is 0 Å². The fourth-order valence-corrected chi connectivity index (χ4v) is 3.61. The molecule has 144 valence electrons. The topological polar surface area (TPSA) is 54.5 Å². The average molecular weight is 418 g/mol. The maximum atomic E-state index is 14.1. The van der Waals surface area contributed by atoms with Gasteiger partial charge in [0.15, 0.2) is 0 Å². The molecule has 2 aromatic carbocycles. The van der Waals surface area contributed by atoms with Crippen LogP contribution in [-0.4, -0.2) is 31.0 Å². The Balaban J connectivity index is 1.86. The number of hydrogen-bond donors (Lipinski definition) is 0. The van der Waals surface area contributed by atoms with Gasteiger partial charge >= 0.3 is 5.76 Å². The van der Waals surface area contributed by atoms with Gasteiger partial charge in [-0.15, -0.1) is 0 Å². The number of amides is 1. The molecular formula is C18H15ClF3NO3S. The highest BCUT2D eigenvalue weighted by Gasteiger charge is 2.34. The SMILES string of the molecule is O=C(c1ccc(S(=O)(=O)C(F)F)cc1)N(Cc1c(F)cccc1Cl)C1CC1. The minimum absolute atomic E-state index is 0.0356. The molecular weight excluding hydrogens is 403 g/mol. The van der Waals surface area contributed by atoms with E-state index in [1.54, 1.807) is 0 Å². The zero-order chi connectivity index (χ0) is 19.8. The molecule has 2 aromatic rings. The van der Waals surface area contributed by atoms with E-state index >= 15 is 0 Å². The largest absolute Gasteiger partial charge is 0.341 e. The summed E-state index contributed by atoms with van der Waals surface area (Å²) in [7, 11) is -4.73. The van der Waals surface area contributed by atoms with Gasteiger partial charge in [0, 0.05) is 22.2 Å². The van der Waals surface area contributed by atoms with E-state index < -0.39 is 32.2 Å². The van der Waals surface area contributed by atoms with Gasteiger partial charge in [-0.25, -0.2) is 12.8 Å². The summed E-state index contributed by atoms with van der Waals surface area (Å²) in [4.78, 5) is 13.7. The molecule has 9 heteroatoms. The summed E-state index contributed by atoms with van der Waals surface area (Å²) in [6.07, 6.45) is 1.52. The van der Waals surface area contributed by atoms with E-state index in [1.165, 1.54) is 35.2 Å². The highest BCUT2D eigenvalue weighted by atomic mass is 35.5. The monoisotopic (exact) mass is 417 g/mol. The zero-order valence-corrected chi connectivity index (χ0v) is 15.5. The molecule has 0 bridgehead atoms. The predicted octanol–water partition coefficient (Wildman–Crippen LogP) is 4.28. The van der Waals surface area contributed by atoms with Crippen LogP contribution in [0.5, 0.6) is 0 Å². The van der Waals surface area contributed by atoms with Crippen LogP contribution in [-0.2, 0) is 16.4 Å². The molecule has 1 aliphatic carbocycles. The second kappa shape index (κ2) is 7.52. The molecule has 1 fully saturated rings. The van der Waals surface area contributed by atoms with Crippen molar-refractivity contribution in [3.63, 3.8) is 0 Å². The fraction of sp³-hybridized carbons (Fsp3) is 0.278. The quantitative estimate of drug-likeness (QED) is 0.705. The van der Waals surface area contributed by atoms with Crippen molar-refractivity contribution in [2.45, 2.75) is 36.1 Å². The first kappa shape index (κ1) is 19.7. The van der Waals surface area contributed by atoms with Crippen LogP contribution < -0.4 is 0 Å². The highest BCUT2D eigenvalue weighted by molar-refractivity contribution is 7.91. The lowest BCUT2D eigenvalue weighted by molar-refractivity contribution is 0.0728. The number of carbonyl (C=O) groups excluding carboxylic acids is 1. The standard InChI is InChI=1S/C18H15ClF3NO3S/c19-15-2-1-3-16(20)14(15)10-23(12-6-7-12)17(24)11-4-8-13(9-5-11)27(25,26)18(21)22/h1-5,8-9,12,18H,6-7,10H2. The highest BCUT2D eigenvalue weighted by Crippen LogP contribution is 2.32. The average Bonchev–Trinajstić information content (AvgIpc) is 3.46. The smallest absolute Gasteiger partial charge is 0.331 e. The zero-order valence-electron chi connectivity index (χ0n) is 13.9. The van der Waals surface area contributed by atoms with Crippen LogP contribution in [0, 0.1) is 5.82 Å². The van der Waals surface area contributed by atoms with E-state index in [4.69, 9.17) is 11.6 Å². The molecule has 1 amide bonds. The van der Waals surface area contributed by atoms with Gasteiger partial charge in [0.05, 0.1) is 11.4 Å². The first-order valence-electron chi connectivity index (χ1n) is 8.08. The van der Waals surface area contributed by atoms with Crippen LogP contribution >= 0.6 is 11.6 Å². The Bertz CT molecular complexity index is 940. The van der Waals surface area contributed by atoms with Crippen LogP contribution in [0.1, 0.15) is 28.8 Å². The van der Waals surface area contributed by atoms with E-state index in [0.29, 0.717) is 0 Å². The first-order chi connectivity index (χ1) is 12.7. The number of halogens is 4. The lowest BCUT2D eigenvalue weighted by Crippen LogP contribution is -2.33. The second-order valence-corrected chi connectivity index (χ2v) is 8.52. The number of rotatable bonds is 6. The number of carbonyl (C=O) groups is 1. The molecule has 0 aliphatic heterocycles. The van der Waals surface area contributed by atoms with E-state index in [1.807, 2.05) is 0 Å². The Morgan fingerprint density at radius 3 is 2.30 bits per heavy atom. The van der Waals surface area contributed by atoms with Crippen molar-refractivity contribution in [1.82, 2.24) is 4.90 Å². The van der Waals surface area contributed by atoms with Crippen LogP contribution in [0.3, 0.4) is 0 Å². The fourth-order valence-electron chi connectivity index (χ4n) is 2.66. The molecule has 0 radical (unpaired) electrons. The summed E-state index contributed by atoms with van der Waals surface area (Å²) in [5.74, 6) is -4.51. The molecule has 4 nitrogen and oxygen atoms in total. The van der Waals surface area contributed by atoms with Crippen molar-refractivity contribution in [3.8, 4) is 0 Å². The van der Waals surface area contributed by atoms with Crippen LogP contribution in [0.15, 0.2) is 47.4 Å². The molecule has 0 atom stereocenters. The Morgan fingerprint density at radius 1 is 1.15 bits per heavy atom. The Kier molecular flexibility index (Phi) is 5.48. The molecule has 1 aliphatic rings. The molecule has 0 spiro atoms. The van der Waals surface area contributed by atoms with Crippen molar-refractivity contribution in [2.75, 3.05) is 0 Å². The van der Waals surface area contributed by atoms with Gasteiger partial charge in [-0.2, -0.15) is 8.78 Å². The molecule has 0 heterocycles. The van der Waals surface area contributed by atoms with E-state index in [-0.39, 0.29) is 28.7 Å².